The van der Waals surface area contributed by atoms with E-state index in [1.165, 1.54) is 19.2 Å². The SMILES string of the molecule is CCC(C)(O)CNC(=O)c1ccc(OC)cc1O. The maximum Gasteiger partial charge on any atom is 0.255 e. The number of hydrogen-bond acceptors (Lipinski definition) is 4. The fraction of sp³-hybridized carbons (Fsp3) is 0.462. The zero-order valence-electron chi connectivity index (χ0n) is 10.9. The van der Waals surface area contributed by atoms with Gasteiger partial charge in [0.2, 0.25) is 0 Å². The van der Waals surface area contributed by atoms with Crippen molar-refractivity contribution in [1.82, 2.24) is 5.32 Å². The highest BCUT2D eigenvalue weighted by molar-refractivity contribution is 5.97. The number of methoxy groups -OCH3 is 1. The Bertz CT molecular complexity index is 429. The van der Waals surface area contributed by atoms with Gasteiger partial charge in [-0.1, -0.05) is 6.92 Å². The minimum absolute atomic E-state index is 0.133. The predicted octanol–water partition coefficient (Wildman–Crippen LogP) is 1.29. The minimum atomic E-state index is -0.947. The molecule has 5 heteroatoms. The molecule has 3 N–H and O–H groups in total. The van der Waals surface area contributed by atoms with Crippen LogP contribution in [0.25, 0.3) is 0 Å². The zero-order valence-corrected chi connectivity index (χ0v) is 10.9. The first-order valence-corrected chi connectivity index (χ1v) is 5.77. The monoisotopic (exact) mass is 253 g/mol. The molecule has 0 aromatic heterocycles. The average molecular weight is 253 g/mol. The van der Waals surface area contributed by atoms with Crippen molar-refractivity contribution in [3.8, 4) is 11.5 Å². The first kappa shape index (κ1) is 14.3. The second kappa shape index (κ2) is 5.73. The Morgan fingerprint density at radius 2 is 2.17 bits per heavy atom. The summed E-state index contributed by atoms with van der Waals surface area (Å²) in [6, 6.07) is 4.43. The van der Waals surface area contributed by atoms with E-state index in [-0.39, 0.29) is 17.9 Å². The first-order valence-electron chi connectivity index (χ1n) is 5.77. The number of rotatable bonds is 5. The summed E-state index contributed by atoms with van der Waals surface area (Å²) in [5.41, 5.74) is -0.791. The molecule has 0 aliphatic rings. The van der Waals surface area contributed by atoms with Gasteiger partial charge in [0, 0.05) is 12.6 Å². The summed E-state index contributed by atoms with van der Waals surface area (Å²) in [7, 11) is 1.48. The van der Waals surface area contributed by atoms with Gasteiger partial charge in [0.25, 0.3) is 5.91 Å². The highest BCUT2D eigenvalue weighted by atomic mass is 16.5. The Balaban J connectivity index is 2.73. The lowest BCUT2D eigenvalue weighted by atomic mass is 10.0. The normalized spacial score (nSPS) is 13.8. The standard InChI is InChI=1S/C13H19NO4/c1-4-13(2,17)8-14-12(16)10-6-5-9(18-3)7-11(10)15/h5-7,15,17H,4,8H2,1-3H3,(H,14,16). The summed E-state index contributed by atoms with van der Waals surface area (Å²) in [6.45, 7) is 3.60. The molecule has 1 aromatic rings. The molecule has 100 valence electrons. The van der Waals surface area contributed by atoms with Crippen molar-refractivity contribution in [3.63, 3.8) is 0 Å². The van der Waals surface area contributed by atoms with E-state index >= 15 is 0 Å². The van der Waals surface area contributed by atoms with E-state index < -0.39 is 11.5 Å². The van der Waals surface area contributed by atoms with Crippen LogP contribution >= 0.6 is 0 Å². The molecule has 1 rings (SSSR count). The van der Waals surface area contributed by atoms with Gasteiger partial charge in [-0.25, -0.2) is 0 Å². The van der Waals surface area contributed by atoms with Crippen molar-refractivity contribution < 1.29 is 19.7 Å². The lowest BCUT2D eigenvalue weighted by Crippen LogP contribution is -2.40. The third kappa shape index (κ3) is 3.63. The van der Waals surface area contributed by atoms with Crippen molar-refractivity contribution in [2.45, 2.75) is 25.9 Å². The molecule has 0 aliphatic heterocycles. The molecule has 0 spiro atoms. The minimum Gasteiger partial charge on any atom is -0.507 e. The molecule has 1 atom stereocenters. The van der Waals surface area contributed by atoms with Crippen LogP contribution in [0.1, 0.15) is 30.6 Å². The third-order valence-electron chi connectivity index (χ3n) is 2.84. The molecule has 0 heterocycles. The van der Waals surface area contributed by atoms with E-state index in [4.69, 9.17) is 4.74 Å². The summed E-state index contributed by atoms with van der Waals surface area (Å²) in [5.74, 6) is -0.100. The second-order valence-corrected chi connectivity index (χ2v) is 4.42. The molecule has 0 radical (unpaired) electrons. The lowest BCUT2D eigenvalue weighted by Gasteiger charge is -2.21. The van der Waals surface area contributed by atoms with Gasteiger partial charge >= 0.3 is 0 Å². The summed E-state index contributed by atoms with van der Waals surface area (Å²) in [6.07, 6.45) is 0.530. The number of phenols is 1. The van der Waals surface area contributed by atoms with Crippen LogP contribution in [-0.4, -0.2) is 35.4 Å². The molecule has 1 unspecified atom stereocenters. The van der Waals surface area contributed by atoms with Gasteiger partial charge in [0.15, 0.2) is 0 Å². The van der Waals surface area contributed by atoms with Gasteiger partial charge in [-0.3, -0.25) is 4.79 Å². The zero-order chi connectivity index (χ0) is 13.8. The second-order valence-electron chi connectivity index (χ2n) is 4.42. The lowest BCUT2D eigenvalue weighted by molar-refractivity contribution is 0.0517. The highest BCUT2D eigenvalue weighted by Gasteiger charge is 2.20. The molecular weight excluding hydrogens is 234 g/mol. The summed E-state index contributed by atoms with van der Waals surface area (Å²) in [5, 5.41) is 22.0. The van der Waals surface area contributed by atoms with Crippen molar-refractivity contribution in [1.29, 1.82) is 0 Å². The first-order chi connectivity index (χ1) is 8.39. The van der Waals surface area contributed by atoms with Crippen molar-refractivity contribution >= 4 is 5.91 Å². The molecule has 18 heavy (non-hydrogen) atoms. The van der Waals surface area contributed by atoms with Gasteiger partial charge in [-0.15, -0.1) is 0 Å². The molecular formula is C13H19NO4. The number of carbonyl (C=O) groups excluding carboxylic acids is 1. The average Bonchev–Trinajstić information content (AvgIpc) is 2.36. The maximum atomic E-state index is 11.8. The number of aromatic hydroxyl groups is 1. The number of nitrogens with one attached hydrogen (secondary N) is 1. The largest absolute Gasteiger partial charge is 0.507 e. The Kier molecular flexibility index (Phi) is 4.55. The van der Waals surface area contributed by atoms with E-state index in [0.717, 1.165) is 0 Å². The number of carbonyl (C=O) groups is 1. The molecule has 1 amide bonds. The molecule has 0 saturated heterocycles. The van der Waals surface area contributed by atoms with Crippen LogP contribution in [0.2, 0.25) is 0 Å². The van der Waals surface area contributed by atoms with Crippen LogP contribution in [0.3, 0.4) is 0 Å². The fourth-order valence-corrected chi connectivity index (χ4v) is 1.32. The topological polar surface area (TPSA) is 78.8 Å². The Morgan fingerprint density at radius 3 is 2.67 bits per heavy atom. The van der Waals surface area contributed by atoms with Crippen molar-refractivity contribution in [3.05, 3.63) is 23.8 Å². The van der Waals surface area contributed by atoms with E-state index in [2.05, 4.69) is 5.32 Å². The number of ether oxygens (including phenoxy) is 1. The van der Waals surface area contributed by atoms with Crippen molar-refractivity contribution in [2.75, 3.05) is 13.7 Å². The van der Waals surface area contributed by atoms with Crippen molar-refractivity contribution in [2.24, 2.45) is 0 Å². The van der Waals surface area contributed by atoms with Gasteiger partial charge in [0.1, 0.15) is 11.5 Å². The highest BCUT2D eigenvalue weighted by Crippen LogP contribution is 2.23. The maximum absolute atomic E-state index is 11.8. The van der Waals surface area contributed by atoms with E-state index in [0.29, 0.717) is 12.2 Å². The number of hydrogen-bond donors (Lipinski definition) is 3. The van der Waals surface area contributed by atoms with Gasteiger partial charge in [-0.2, -0.15) is 0 Å². The van der Waals surface area contributed by atoms with Gasteiger partial charge in [0.05, 0.1) is 18.3 Å². The Morgan fingerprint density at radius 1 is 1.50 bits per heavy atom. The smallest absolute Gasteiger partial charge is 0.255 e. The number of phenolic OH excluding ortho intramolecular Hbond substituents is 1. The molecule has 5 nitrogen and oxygen atoms in total. The van der Waals surface area contributed by atoms with Crippen LogP contribution in [0, 0.1) is 0 Å². The molecule has 0 saturated carbocycles. The number of benzene rings is 1. The third-order valence-corrected chi connectivity index (χ3v) is 2.84. The van der Waals surface area contributed by atoms with E-state index in [1.54, 1.807) is 13.0 Å². The molecule has 0 fully saturated rings. The summed E-state index contributed by atoms with van der Waals surface area (Å²) in [4.78, 5) is 11.8. The fourth-order valence-electron chi connectivity index (χ4n) is 1.32. The van der Waals surface area contributed by atoms with Gasteiger partial charge < -0.3 is 20.3 Å². The Labute approximate surface area is 106 Å². The van der Waals surface area contributed by atoms with Crippen LogP contribution in [0.4, 0.5) is 0 Å². The van der Waals surface area contributed by atoms with Crippen LogP contribution in [0.15, 0.2) is 18.2 Å². The van der Waals surface area contributed by atoms with E-state index in [1.807, 2.05) is 6.92 Å². The quantitative estimate of drug-likeness (QED) is 0.739. The predicted molar refractivity (Wildman–Crippen MR) is 67.9 cm³/mol. The number of amides is 1. The molecule has 0 bridgehead atoms. The summed E-state index contributed by atoms with van der Waals surface area (Å²) >= 11 is 0. The summed E-state index contributed by atoms with van der Waals surface area (Å²) < 4.78 is 4.93. The number of aliphatic hydroxyl groups is 1. The van der Waals surface area contributed by atoms with Gasteiger partial charge in [-0.05, 0) is 25.5 Å². The van der Waals surface area contributed by atoms with Crippen LogP contribution < -0.4 is 10.1 Å². The van der Waals surface area contributed by atoms with Crippen LogP contribution in [-0.2, 0) is 0 Å². The Hall–Kier alpha value is -1.75. The van der Waals surface area contributed by atoms with E-state index in [9.17, 15) is 15.0 Å². The molecule has 0 aliphatic carbocycles. The van der Waals surface area contributed by atoms with Crippen LogP contribution in [0.5, 0.6) is 11.5 Å². The molecule has 1 aromatic carbocycles.